The molecule has 21 heavy (non-hydrogen) atoms. The van der Waals surface area contributed by atoms with Crippen molar-refractivity contribution in [3.05, 3.63) is 23.8 Å². The average Bonchev–Trinajstić information content (AvgIpc) is 2.76. The fourth-order valence-corrected chi connectivity index (χ4v) is 3.26. The summed E-state index contributed by atoms with van der Waals surface area (Å²) in [5, 5.41) is 3.45. The van der Waals surface area contributed by atoms with Crippen molar-refractivity contribution in [3.8, 4) is 11.5 Å². The summed E-state index contributed by atoms with van der Waals surface area (Å²) >= 11 is 0. The molecule has 2 unspecified atom stereocenters. The Kier molecular flexibility index (Phi) is 4.66. The molecule has 1 N–H and O–H groups in total. The average molecular weight is 290 g/mol. The maximum absolute atomic E-state index is 5.81. The highest BCUT2D eigenvalue weighted by molar-refractivity contribution is 5.44. The number of nitrogens with zero attached hydrogens (tertiary/aromatic N) is 1. The molecule has 2 atom stereocenters. The fourth-order valence-electron chi connectivity index (χ4n) is 3.26. The molecular weight excluding hydrogens is 264 g/mol. The predicted molar refractivity (Wildman–Crippen MR) is 84.1 cm³/mol. The van der Waals surface area contributed by atoms with E-state index in [4.69, 9.17) is 9.47 Å². The standard InChI is InChI=1S/C17H26N2O2/c1-13-5-3-8-19(13)12-15(18-2)14-6-7-16-17(11-14)21-10-4-9-20-16/h6-7,11,13,15,18H,3-5,8-10,12H2,1-2H3. The van der Waals surface area contributed by atoms with Gasteiger partial charge in [0.1, 0.15) is 0 Å². The van der Waals surface area contributed by atoms with Gasteiger partial charge in [0.2, 0.25) is 0 Å². The van der Waals surface area contributed by atoms with Crippen LogP contribution in [0.5, 0.6) is 11.5 Å². The van der Waals surface area contributed by atoms with E-state index in [-0.39, 0.29) is 0 Å². The predicted octanol–water partition coefficient (Wildman–Crippen LogP) is 2.59. The molecule has 1 fully saturated rings. The fraction of sp³-hybridized carbons (Fsp3) is 0.647. The van der Waals surface area contributed by atoms with Gasteiger partial charge in [-0.1, -0.05) is 6.07 Å². The summed E-state index contributed by atoms with van der Waals surface area (Å²) in [7, 11) is 2.04. The van der Waals surface area contributed by atoms with Gasteiger partial charge in [0, 0.05) is 25.0 Å². The van der Waals surface area contributed by atoms with Crippen molar-refractivity contribution in [2.75, 3.05) is 33.4 Å². The molecule has 0 amide bonds. The minimum atomic E-state index is 0.336. The maximum Gasteiger partial charge on any atom is 0.161 e. The summed E-state index contributed by atoms with van der Waals surface area (Å²) in [5.41, 5.74) is 1.28. The molecule has 0 bridgehead atoms. The zero-order valence-corrected chi connectivity index (χ0v) is 13.1. The third-order valence-corrected chi connectivity index (χ3v) is 4.63. The van der Waals surface area contributed by atoms with Crippen LogP contribution < -0.4 is 14.8 Å². The highest BCUT2D eigenvalue weighted by Crippen LogP contribution is 2.33. The highest BCUT2D eigenvalue weighted by atomic mass is 16.5. The molecular formula is C17H26N2O2. The molecule has 0 radical (unpaired) electrons. The van der Waals surface area contributed by atoms with Crippen LogP contribution in [-0.2, 0) is 0 Å². The number of hydrogen-bond acceptors (Lipinski definition) is 4. The Hall–Kier alpha value is -1.26. The summed E-state index contributed by atoms with van der Waals surface area (Å²) in [5.74, 6) is 1.76. The molecule has 2 aliphatic heterocycles. The van der Waals surface area contributed by atoms with Crippen molar-refractivity contribution in [2.45, 2.75) is 38.3 Å². The molecule has 4 heteroatoms. The molecule has 116 valence electrons. The number of rotatable bonds is 4. The van der Waals surface area contributed by atoms with Crippen molar-refractivity contribution in [2.24, 2.45) is 0 Å². The van der Waals surface area contributed by atoms with E-state index in [1.54, 1.807) is 0 Å². The number of likely N-dealkylation sites (tertiary alicyclic amines) is 1. The van der Waals surface area contributed by atoms with Gasteiger partial charge in [0.05, 0.1) is 13.2 Å². The van der Waals surface area contributed by atoms with Crippen LogP contribution in [0.1, 0.15) is 37.8 Å². The molecule has 0 spiro atoms. The van der Waals surface area contributed by atoms with Crippen molar-refractivity contribution in [3.63, 3.8) is 0 Å². The lowest BCUT2D eigenvalue weighted by Gasteiger charge is -2.27. The van der Waals surface area contributed by atoms with Crippen molar-refractivity contribution >= 4 is 0 Å². The van der Waals surface area contributed by atoms with E-state index in [9.17, 15) is 0 Å². The van der Waals surface area contributed by atoms with Crippen LogP contribution in [0.2, 0.25) is 0 Å². The summed E-state index contributed by atoms with van der Waals surface area (Å²) in [4.78, 5) is 2.57. The van der Waals surface area contributed by atoms with Crippen LogP contribution in [0.15, 0.2) is 18.2 Å². The van der Waals surface area contributed by atoms with Gasteiger partial charge < -0.3 is 14.8 Å². The second kappa shape index (κ2) is 6.67. The normalized spacial score (nSPS) is 23.8. The number of ether oxygens (including phenoxy) is 2. The van der Waals surface area contributed by atoms with E-state index >= 15 is 0 Å². The number of benzene rings is 1. The minimum Gasteiger partial charge on any atom is -0.490 e. The number of likely N-dealkylation sites (N-methyl/N-ethyl adjacent to an activating group) is 1. The highest BCUT2D eigenvalue weighted by Gasteiger charge is 2.24. The number of hydrogen-bond donors (Lipinski definition) is 1. The first-order valence-corrected chi connectivity index (χ1v) is 8.09. The summed E-state index contributed by atoms with van der Waals surface area (Å²) in [6, 6.07) is 7.38. The first-order valence-electron chi connectivity index (χ1n) is 8.09. The van der Waals surface area contributed by atoms with Gasteiger partial charge in [0.15, 0.2) is 11.5 Å². The lowest BCUT2D eigenvalue weighted by molar-refractivity contribution is 0.241. The molecule has 1 aromatic rings. The van der Waals surface area contributed by atoms with Crippen molar-refractivity contribution in [1.29, 1.82) is 0 Å². The monoisotopic (exact) mass is 290 g/mol. The van der Waals surface area contributed by atoms with E-state index < -0.39 is 0 Å². The molecule has 1 saturated heterocycles. The van der Waals surface area contributed by atoms with E-state index in [1.165, 1.54) is 24.9 Å². The summed E-state index contributed by atoms with van der Waals surface area (Å²) in [6.45, 7) is 6.08. The first-order chi connectivity index (χ1) is 10.3. The Labute approximate surface area is 127 Å². The Morgan fingerprint density at radius 3 is 2.76 bits per heavy atom. The van der Waals surface area contributed by atoms with Gasteiger partial charge in [-0.2, -0.15) is 0 Å². The van der Waals surface area contributed by atoms with Crippen molar-refractivity contribution < 1.29 is 9.47 Å². The molecule has 3 rings (SSSR count). The van der Waals surface area contributed by atoms with E-state index in [2.05, 4.69) is 29.3 Å². The topological polar surface area (TPSA) is 33.7 Å². The zero-order chi connectivity index (χ0) is 14.7. The zero-order valence-electron chi connectivity index (χ0n) is 13.1. The minimum absolute atomic E-state index is 0.336. The van der Waals surface area contributed by atoms with Crippen LogP contribution in [0.4, 0.5) is 0 Å². The van der Waals surface area contributed by atoms with Crippen LogP contribution >= 0.6 is 0 Å². The van der Waals surface area contributed by atoms with E-state index in [0.717, 1.165) is 37.7 Å². The second-order valence-corrected chi connectivity index (χ2v) is 6.08. The smallest absolute Gasteiger partial charge is 0.161 e. The van der Waals surface area contributed by atoms with Crippen LogP contribution in [-0.4, -0.2) is 44.3 Å². The largest absolute Gasteiger partial charge is 0.490 e. The number of fused-ring (bicyclic) bond motifs is 1. The Morgan fingerprint density at radius 2 is 2.05 bits per heavy atom. The lowest BCUT2D eigenvalue weighted by Crippen LogP contribution is -2.35. The lowest BCUT2D eigenvalue weighted by atomic mass is 10.1. The Morgan fingerprint density at radius 1 is 1.24 bits per heavy atom. The van der Waals surface area contributed by atoms with Gasteiger partial charge >= 0.3 is 0 Å². The van der Waals surface area contributed by atoms with Crippen molar-refractivity contribution in [1.82, 2.24) is 10.2 Å². The summed E-state index contributed by atoms with van der Waals surface area (Å²) in [6.07, 6.45) is 3.58. The Balaban J connectivity index is 1.75. The first kappa shape index (κ1) is 14.7. The second-order valence-electron chi connectivity index (χ2n) is 6.08. The van der Waals surface area contributed by atoms with E-state index in [0.29, 0.717) is 12.1 Å². The van der Waals surface area contributed by atoms with E-state index in [1.807, 2.05) is 13.1 Å². The molecule has 1 aromatic carbocycles. The molecule has 2 aliphatic rings. The summed E-state index contributed by atoms with van der Waals surface area (Å²) < 4.78 is 11.5. The van der Waals surface area contributed by atoms with Gasteiger partial charge in [-0.05, 0) is 51.1 Å². The van der Waals surface area contributed by atoms with Crippen LogP contribution in [0.25, 0.3) is 0 Å². The quantitative estimate of drug-likeness (QED) is 0.924. The maximum atomic E-state index is 5.81. The van der Waals surface area contributed by atoms with Gasteiger partial charge in [0.25, 0.3) is 0 Å². The third-order valence-electron chi connectivity index (χ3n) is 4.63. The molecule has 0 aliphatic carbocycles. The van der Waals surface area contributed by atoms with Crippen LogP contribution in [0, 0.1) is 0 Å². The van der Waals surface area contributed by atoms with Gasteiger partial charge in [-0.15, -0.1) is 0 Å². The molecule has 2 heterocycles. The molecule has 0 aromatic heterocycles. The Bertz CT molecular complexity index is 478. The number of nitrogens with one attached hydrogen (secondary N) is 1. The molecule has 4 nitrogen and oxygen atoms in total. The van der Waals surface area contributed by atoms with Gasteiger partial charge in [-0.3, -0.25) is 4.90 Å². The van der Waals surface area contributed by atoms with Crippen LogP contribution in [0.3, 0.4) is 0 Å². The molecule has 0 saturated carbocycles. The van der Waals surface area contributed by atoms with Gasteiger partial charge in [-0.25, -0.2) is 0 Å². The SMILES string of the molecule is CNC(CN1CCCC1C)c1ccc2c(c1)OCCCO2. The third kappa shape index (κ3) is 3.33.